The van der Waals surface area contributed by atoms with Gasteiger partial charge in [0.15, 0.2) is 0 Å². The van der Waals surface area contributed by atoms with Gasteiger partial charge in [-0.25, -0.2) is 0 Å². The van der Waals surface area contributed by atoms with Gasteiger partial charge in [0.1, 0.15) is 0 Å². The molecule has 0 radical (unpaired) electrons. The number of benzene rings is 2. The lowest BCUT2D eigenvalue weighted by molar-refractivity contribution is 1.41. The zero-order valence-electron chi connectivity index (χ0n) is 11.3. The van der Waals surface area contributed by atoms with E-state index in [1.807, 2.05) is 62.5 Å². The van der Waals surface area contributed by atoms with Crippen LogP contribution >= 0.6 is 0 Å². The van der Waals surface area contributed by atoms with E-state index in [1.54, 1.807) is 0 Å². The van der Waals surface area contributed by atoms with Gasteiger partial charge >= 0.3 is 0 Å². The van der Waals surface area contributed by atoms with Crippen molar-refractivity contribution in [1.29, 1.82) is 0 Å². The third-order valence-corrected chi connectivity index (χ3v) is 2.85. The molecule has 0 amide bonds. The standard InChI is InChI=1S/C15H12N2.C2H6/c16-12-6-7-15-14(10-12)13(8-9-17-15)11-4-2-1-3-5-11;1-2/h1-10H,16H2;1-2H3. The van der Waals surface area contributed by atoms with Crippen molar-refractivity contribution >= 4 is 16.6 Å². The molecule has 0 aliphatic carbocycles. The predicted octanol–water partition coefficient (Wildman–Crippen LogP) is 4.51. The highest BCUT2D eigenvalue weighted by molar-refractivity contribution is 5.95. The van der Waals surface area contributed by atoms with Crippen molar-refractivity contribution in [2.45, 2.75) is 13.8 Å². The van der Waals surface area contributed by atoms with Crippen molar-refractivity contribution < 1.29 is 0 Å². The fraction of sp³-hybridized carbons (Fsp3) is 0.118. The highest BCUT2D eigenvalue weighted by Gasteiger charge is 2.04. The Hall–Kier alpha value is -2.35. The molecule has 19 heavy (non-hydrogen) atoms. The molecule has 0 bridgehead atoms. The molecule has 0 aliphatic heterocycles. The normalized spacial score (nSPS) is 9.79. The first kappa shape index (κ1) is 13.1. The van der Waals surface area contributed by atoms with Crippen LogP contribution in [0.5, 0.6) is 0 Å². The van der Waals surface area contributed by atoms with Crippen LogP contribution in [-0.2, 0) is 0 Å². The molecule has 1 heterocycles. The van der Waals surface area contributed by atoms with Gasteiger partial charge in [-0.3, -0.25) is 4.98 Å². The first-order valence-electron chi connectivity index (χ1n) is 6.54. The Kier molecular flexibility index (Phi) is 4.14. The Morgan fingerprint density at radius 1 is 0.895 bits per heavy atom. The predicted molar refractivity (Wildman–Crippen MR) is 82.9 cm³/mol. The summed E-state index contributed by atoms with van der Waals surface area (Å²) in [6, 6.07) is 18.1. The van der Waals surface area contributed by atoms with E-state index < -0.39 is 0 Å². The maximum atomic E-state index is 5.84. The largest absolute Gasteiger partial charge is 0.399 e. The van der Waals surface area contributed by atoms with Crippen LogP contribution in [0.2, 0.25) is 0 Å². The van der Waals surface area contributed by atoms with Gasteiger partial charge in [0.25, 0.3) is 0 Å². The zero-order chi connectivity index (χ0) is 13.7. The zero-order valence-corrected chi connectivity index (χ0v) is 11.3. The lowest BCUT2D eigenvalue weighted by atomic mass is 10.0. The van der Waals surface area contributed by atoms with E-state index in [9.17, 15) is 0 Å². The third-order valence-electron chi connectivity index (χ3n) is 2.85. The van der Waals surface area contributed by atoms with Crippen molar-refractivity contribution in [2.24, 2.45) is 0 Å². The lowest BCUT2D eigenvalue weighted by Gasteiger charge is -2.06. The summed E-state index contributed by atoms with van der Waals surface area (Å²) in [7, 11) is 0. The molecule has 0 spiro atoms. The van der Waals surface area contributed by atoms with E-state index in [4.69, 9.17) is 5.73 Å². The topological polar surface area (TPSA) is 38.9 Å². The van der Waals surface area contributed by atoms with E-state index in [0.717, 1.165) is 16.6 Å². The average Bonchev–Trinajstić information content (AvgIpc) is 2.49. The van der Waals surface area contributed by atoms with Gasteiger partial charge in [-0.2, -0.15) is 0 Å². The van der Waals surface area contributed by atoms with Crippen LogP contribution in [0.15, 0.2) is 60.8 Å². The highest BCUT2D eigenvalue weighted by Crippen LogP contribution is 2.28. The van der Waals surface area contributed by atoms with Crippen molar-refractivity contribution in [1.82, 2.24) is 4.98 Å². The molecule has 0 atom stereocenters. The first-order valence-corrected chi connectivity index (χ1v) is 6.54. The number of nitrogens with two attached hydrogens (primary N) is 1. The molecule has 2 heteroatoms. The molecule has 3 rings (SSSR count). The minimum atomic E-state index is 0.766. The average molecular weight is 250 g/mol. The summed E-state index contributed by atoms with van der Waals surface area (Å²) in [5.41, 5.74) is 9.94. The second-order valence-corrected chi connectivity index (χ2v) is 4.00. The fourth-order valence-corrected chi connectivity index (χ4v) is 2.03. The molecular formula is C17H18N2. The number of anilines is 1. The number of hydrogen-bond donors (Lipinski definition) is 1. The summed E-state index contributed by atoms with van der Waals surface area (Å²) in [4.78, 5) is 4.35. The Labute approximate surface area is 113 Å². The Morgan fingerprint density at radius 3 is 2.37 bits per heavy atom. The van der Waals surface area contributed by atoms with E-state index in [1.165, 1.54) is 11.1 Å². The highest BCUT2D eigenvalue weighted by atomic mass is 14.7. The minimum Gasteiger partial charge on any atom is -0.399 e. The van der Waals surface area contributed by atoms with Crippen molar-refractivity contribution in [3.8, 4) is 11.1 Å². The second kappa shape index (κ2) is 6.01. The molecule has 2 aromatic carbocycles. The SMILES string of the molecule is CC.Nc1ccc2nccc(-c3ccccc3)c2c1. The Bertz CT molecular complexity index is 660. The van der Waals surface area contributed by atoms with E-state index >= 15 is 0 Å². The molecule has 0 saturated heterocycles. The second-order valence-electron chi connectivity index (χ2n) is 4.00. The molecule has 2 N–H and O–H groups in total. The number of hydrogen-bond acceptors (Lipinski definition) is 2. The third kappa shape index (κ3) is 2.74. The van der Waals surface area contributed by atoms with Crippen LogP contribution in [0.3, 0.4) is 0 Å². The quantitative estimate of drug-likeness (QED) is 0.645. The molecule has 0 aliphatic rings. The van der Waals surface area contributed by atoms with Crippen molar-refractivity contribution in [2.75, 3.05) is 5.73 Å². The number of fused-ring (bicyclic) bond motifs is 1. The molecule has 0 fully saturated rings. The van der Waals surface area contributed by atoms with Crippen LogP contribution in [-0.4, -0.2) is 4.98 Å². The van der Waals surface area contributed by atoms with Gasteiger partial charge in [0.05, 0.1) is 5.52 Å². The first-order chi connectivity index (χ1) is 9.34. The fourth-order valence-electron chi connectivity index (χ4n) is 2.03. The number of nitrogens with zero attached hydrogens (tertiary/aromatic N) is 1. The lowest BCUT2D eigenvalue weighted by Crippen LogP contribution is -1.88. The van der Waals surface area contributed by atoms with Gasteiger partial charge in [0, 0.05) is 17.3 Å². The van der Waals surface area contributed by atoms with Gasteiger partial charge in [-0.15, -0.1) is 0 Å². The van der Waals surface area contributed by atoms with E-state index in [0.29, 0.717) is 0 Å². The summed E-state index contributed by atoms with van der Waals surface area (Å²) in [5.74, 6) is 0. The van der Waals surface area contributed by atoms with Gasteiger partial charge in [-0.05, 0) is 35.4 Å². The van der Waals surface area contributed by atoms with Gasteiger partial charge < -0.3 is 5.73 Å². The number of pyridine rings is 1. The van der Waals surface area contributed by atoms with Crippen LogP contribution in [0.4, 0.5) is 5.69 Å². The van der Waals surface area contributed by atoms with Crippen LogP contribution in [0.25, 0.3) is 22.0 Å². The maximum absolute atomic E-state index is 5.84. The van der Waals surface area contributed by atoms with Gasteiger partial charge in [0.2, 0.25) is 0 Å². The summed E-state index contributed by atoms with van der Waals surface area (Å²) < 4.78 is 0. The molecular weight excluding hydrogens is 232 g/mol. The summed E-state index contributed by atoms with van der Waals surface area (Å²) in [6.07, 6.45) is 1.83. The summed E-state index contributed by atoms with van der Waals surface area (Å²) >= 11 is 0. The van der Waals surface area contributed by atoms with E-state index in [-0.39, 0.29) is 0 Å². The van der Waals surface area contributed by atoms with Crippen LogP contribution in [0.1, 0.15) is 13.8 Å². The molecule has 3 aromatic rings. The smallest absolute Gasteiger partial charge is 0.0709 e. The number of rotatable bonds is 1. The molecule has 96 valence electrons. The van der Waals surface area contributed by atoms with Crippen molar-refractivity contribution in [3.05, 3.63) is 60.8 Å². The Morgan fingerprint density at radius 2 is 1.63 bits per heavy atom. The molecule has 0 saturated carbocycles. The van der Waals surface area contributed by atoms with Crippen LogP contribution < -0.4 is 5.73 Å². The van der Waals surface area contributed by atoms with Crippen molar-refractivity contribution in [3.63, 3.8) is 0 Å². The summed E-state index contributed by atoms with van der Waals surface area (Å²) in [5, 5.41) is 1.10. The molecule has 0 unspecified atom stereocenters. The molecule has 1 aromatic heterocycles. The molecule has 2 nitrogen and oxygen atoms in total. The minimum absolute atomic E-state index is 0.766. The van der Waals surface area contributed by atoms with Gasteiger partial charge in [-0.1, -0.05) is 44.2 Å². The Balaban J connectivity index is 0.000000637. The number of aromatic nitrogens is 1. The number of nitrogen functional groups attached to an aromatic ring is 1. The summed E-state index contributed by atoms with van der Waals surface area (Å²) in [6.45, 7) is 4.00. The monoisotopic (exact) mass is 250 g/mol. The maximum Gasteiger partial charge on any atom is 0.0709 e. The van der Waals surface area contributed by atoms with E-state index in [2.05, 4.69) is 17.1 Å². The van der Waals surface area contributed by atoms with Crippen LogP contribution in [0, 0.1) is 0 Å².